The second-order valence-electron chi connectivity index (χ2n) is 16.9. The Labute approximate surface area is 326 Å². The highest BCUT2D eigenvalue weighted by molar-refractivity contribution is 5.75. The first-order chi connectivity index (χ1) is 25.6. The Bertz CT molecular complexity index is 1650. The first-order valence-electron chi connectivity index (χ1n) is 19.7. The fourth-order valence-corrected chi connectivity index (χ4v) is 6.92. The molecular weight excluding hydrogens is 708 g/mol. The second kappa shape index (κ2) is 21.2. The van der Waals surface area contributed by atoms with Crippen LogP contribution in [-0.4, -0.2) is 83.4 Å². The normalized spacial score (nSPS) is 16.4. The Morgan fingerprint density at radius 1 is 0.673 bits per heavy atom. The largest absolute Gasteiger partial charge is 0.488 e. The van der Waals surface area contributed by atoms with Gasteiger partial charge in [0.2, 0.25) is 0 Å². The maximum absolute atomic E-state index is 12.2. The topological polar surface area (TPSA) is 199 Å². The third-order valence-electron chi connectivity index (χ3n) is 9.51. The molecule has 15 heteroatoms. The molecule has 55 heavy (non-hydrogen) atoms. The van der Waals surface area contributed by atoms with Crippen LogP contribution in [0.4, 0.5) is 26.7 Å². The van der Waals surface area contributed by atoms with Crippen LogP contribution >= 0.6 is 0 Å². The Hall–Kier alpha value is -4.14. The summed E-state index contributed by atoms with van der Waals surface area (Å²) in [5.41, 5.74) is 3.92. The highest BCUT2D eigenvalue weighted by Crippen LogP contribution is 2.28. The maximum atomic E-state index is 12.2. The van der Waals surface area contributed by atoms with Crippen molar-refractivity contribution in [2.24, 2.45) is 17.6 Å². The zero-order valence-corrected chi connectivity index (χ0v) is 35.1. The average Bonchev–Trinajstić information content (AvgIpc) is 3.10. The molecule has 15 nitrogen and oxygen atoms in total. The van der Waals surface area contributed by atoms with E-state index in [-0.39, 0.29) is 23.9 Å². The highest BCUT2D eigenvalue weighted by atomic mass is 16.6. The smallest absolute Gasteiger partial charge is 0.407 e. The summed E-state index contributed by atoms with van der Waals surface area (Å²) >= 11 is 0. The summed E-state index contributed by atoms with van der Waals surface area (Å²) in [6, 6.07) is -0.0882. The Balaban J connectivity index is 0.000000309. The maximum Gasteiger partial charge on any atom is 0.407 e. The van der Waals surface area contributed by atoms with Crippen molar-refractivity contribution in [3.05, 3.63) is 40.9 Å². The van der Waals surface area contributed by atoms with E-state index in [0.29, 0.717) is 48.6 Å². The van der Waals surface area contributed by atoms with E-state index in [2.05, 4.69) is 16.0 Å². The molecule has 2 atom stereocenters. The molecule has 2 unspecified atom stereocenters. The van der Waals surface area contributed by atoms with Crippen LogP contribution in [0, 0.1) is 11.8 Å². The minimum absolute atomic E-state index is 0.0603. The van der Waals surface area contributed by atoms with Gasteiger partial charge < -0.3 is 45.7 Å². The average molecular weight is 777 g/mol. The van der Waals surface area contributed by atoms with Crippen LogP contribution in [0.15, 0.2) is 19.2 Å². The number of amides is 2. The van der Waals surface area contributed by atoms with Crippen molar-refractivity contribution in [1.82, 2.24) is 10.6 Å². The van der Waals surface area contributed by atoms with E-state index in [4.69, 9.17) is 19.9 Å². The zero-order chi connectivity index (χ0) is 41.7. The first kappa shape index (κ1) is 47.0. The quantitative estimate of drug-likeness (QED) is 0.222. The van der Waals surface area contributed by atoms with Crippen molar-refractivity contribution in [2.75, 3.05) is 63.0 Å². The third kappa shape index (κ3) is 14.8. The number of carbonyl (C=O) groups excluding carboxylic acids is 2. The number of rotatable bonds is 12. The van der Waals surface area contributed by atoms with E-state index < -0.39 is 39.0 Å². The molecule has 2 aliphatic rings. The SMILES string of the molecule is CC(C)(C)OC(=O)NC(CN)C1CCCCC1.CCOc1c(N(C)C)c(=O)c1=O.CN(C)c1c(NCC(NC(=O)OC(C)(C)C)C2CCCCC2)c(=O)c1=O. The molecule has 2 aromatic rings. The van der Waals surface area contributed by atoms with Gasteiger partial charge in [0.25, 0.3) is 21.7 Å². The number of hydrogen-bond acceptors (Lipinski definition) is 13. The van der Waals surface area contributed by atoms with Crippen molar-refractivity contribution in [2.45, 2.75) is 136 Å². The second-order valence-corrected chi connectivity index (χ2v) is 16.9. The number of anilines is 3. The van der Waals surface area contributed by atoms with Crippen LogP contribution < -0.4 is 57.9 Å². The number of ether oxygens (including phenoxy) is 3. The van der Waals surface area contributed by atoms with Crippen molar-refractivity contribution < 1.29 is 23.8 Å². The van der Waals surface area contributed by atoms with E-state index in [1.807, 2.05) is 41.5 Å². The van der Waals surface area contributed by atoms with Crippen LogP contribution in [0.1, 0.15) is 113 Å². The summed E-state index contributed by atoms with van der Waals surface area (Å²) in [7, 11) is 6.88. The number of alkyl carbamates (subject to hydrolysis) is 2. The standard InChI is InChI=1S/C19H31N3O4.C13H26N2O2.C8H11NO3/c1-19(2,3)26-18(25)21-13(12-9-7-6-8-10-12)11-20-14-15(22(4)5)17(24)16(14)23;1-13(2,3)17-12(16)15-11(9-14)10-7-5-4-6-8-10;1-4-12-8-5(9(2)3)6(10)7(8)11/h12-13,20H,6-11H2,1-5H3,(H,21,25);10-11H,4-9,14H2,1-3H3,(H,15,16);4H2,1-3H3. The van der Waals surface area contributed by atoms with Crippen LogP contribution in [0.5, 0.6) is 5.75 Å². The van der Waals surface area contributed by atoms with Gasteiger partial charge >= 0.3 is 12.2 Å². The molecule has 0 bridgehead atoms. The number of hydrogen-bond donors (Lipinski definition) is 4. The van der Waals surface area contributed by atoms with Crippen LogP contribution in [0.2, 0.25) is 0 Å². The molecule has 312 valence electrons. The Morgan fingerprint density at radius 3 is 1.49 bits per heavy atom. The number of nitrogens with zero attached hydrogens (tertiary/aromatic N) is 2. The molecule has 0 aliphatic heterocycles. The van der Waals surface area contributed by atoms with Crippen molar-refractivity contribution in [3.63, 3.8) is 0 Å². The van der Waals surface area contributed by atoms with Gasteiger partial charge in [-0.25, -0.2) is 9.59 Å². The lowest BCUT2D eigenvalue weighted by molar-refractivity contribution is 0.0469. The van der Waals surface area contributed by atoms with Gasteiger partial charge in [-0.1, -0.05) is 38.5 Å². The van der Waals surface area contributed by atoms with Crippen molar-refractivity contribution in [1.29, 1.82) is 0 Å². The van der Waals surface area contributed by atoms with Gasteiger partial charge in [0, 0.05) is 47.3 Å². The van der Waals surface area contributed by atoms with Gasteiger partial charge in [0.15, 0.2) is 5.75 Å². The first-order valence-corrected chi connectivity index (χ1v) is 19.7. The molecule has 0 aromatic heterocycles. The summed E-state index contributed by atoms with van der Waals surface area (Å²) in [4.78, 5) is 72.6. The zero-order valence-electron chi connectivity index (χ0n) is 35.1. The van der Waals surface area contributed by atoms with Crippen LogP contribution in [0.3, 0.4) is 0 Å². The van der Waals surface area contributed by atoms with Gasteiger partial charge in [-0.3, -0.25) is 19.2 Å². The summed E-state index contributed by atoms with van der Waals surface area (Å²) in [5, 5.41) is 8.96. The number of nitrogens with one attached hydrogen (secondary N) is 3. The summed E-state index contributed by atoms with van der Waals surface area (Å²) < 4.78 is 15.6. The number of carbonyl (C=O) groups is 2. The lowest BCUT2D eigenvalue weighted by atomic mass is 9.84. The lowest BCUT2D eigenvalue weighted by Gasteiger charge is -2.32. The summed E-state index contributed by atoms with van der Waals surface area (Å²) in [6.07, 6.45) is 10.9. The monoisotopic (exact) mass is 777 g/mol. The van der Waals surface area contributed by atoms with Gasteiger partial charge in [-0.15, -0.1) is 0 Å². The predicted molar refractivity (Wildman–Crippen MR) is 220 cm³/mol. The van der Waals surface area contributed by atoms with E-state index >= 15 is 0 Å². The van der Waals surface area contributed by atoms with Crippen molar-refractivity contribution >= 4 is 29.2 Å². The Kier molecular flexibility index (Phi) is 18.2. The molecule has 0 saturated heterocycles. The molecule has 2 amide bonds. The molecule has 2 fully saturated rings. The van der Waals surface area contributed by atoms with Gasteiger partial charge in [-0.2, -0.15) is 0 Å². The summed E-state index contributed by atoms with van der Waals surface area (Å²) in [5.74, 6) is 1.05. The molecule has 0 radical (unpaired) electrons. The van der Waals surface area contributed by atoms with E-state index in [9.17, 15) is 28.8 Å². The molecule has 0 spiro atoms. The minimum Gasteiger partial charge on any atom is -0.488 e. The fraction of sp³-hybridized carbons (Fsp3) is 0.750. The Morgan fingerprint density at radius 2 is 1.09 bits per heavy atom. The summed E-state index contributed by atoms with van der Waals surface area (Å²) in [6.45, 7) is 14.1. The third-order valence-corrected chi connectivity index (χ3v) is 9.51. The predicted octanol–water partition coefficient (Wildman–Crippen LogP) is 4.40. The van der Waals surface area contributed by atoms with E-state index in [1.165, 1.54) is 25.7 Å². The lowest BCUT2D eigenvalue weighted by Crippen LogP contribution is -2.48. The van der Waals surface area contributed by atoms with E-state index in [0.717, 1.165) is 38.5 Å². The van der Waals surface area contributed by atoms with Gasteiger partial charge in [0.1, 0.15) is 28.3 Å². The van der Waals surface area contributed by atoms with Crippen molar-refractivity contribution in [3.8, 4) is 5.75 Å². The molecule has 2 aliphatic carbocycles. The van der Waals surface area contributed by atoms with Gasteiger partial charge in [-0.05, 0) is 86.0 Å². The molecule has 2 aromatic carbocycles. The van der Waals surface area contributed by atoms with Crippen LogP contribution in [-0.2, 0) is 9.47 Å². The number of nitrogens with two attached hydrogens (primary N) is 1. The molecule has 2 saturated carbocycles. The molecule has 0 heterocycles. The minimum atomic E-state index is -0.564. The molecule has 5 N–H and O–H groups in total. The molecular formula is C40H68N6O9. The highest BCUT2D eigenvalue weighted by Gasteiger charge is 2.30. The fourth-order valence-electron chi connectivity index (χ4n) is 6.92. The van der Waals surface area contributed by atoms with E-state index in [1.54, 1.807) is 44.9 Å². The molecule has 4 rings (SSSR count). The van der Waals surface area contributed by atoms with Gasteiger partial charge in [0.05, 0.1) is 12.6 Å². The van der Waals surface area contributed by atoms with Crippen LogP contribution in [0.25, 0.3) is 0 Å².